The van der Waals surface area contributed by atoms with Crippen LogP contribution in [0.5, 0.6) is 0 Å². The van der Waals surface area contributed by atoms with E-state index in [-0.39, 0.29) is 6.54 Å². The molecule has 1 fully saturated rings. The van der Waals surface area contributed by atoms with Crippen LogP contribution in [0.15, 0.2) is 48.5 Å². The molecule has 30 heavy (non-hydrogen) atoms. The van der Waals surface area contributed by atoms with Crippen molar-refractivity contribution in [3.05, 3.63) is 65.2 Å². The summed E-state index contributed by atoms with van der Waals surface area (Å²) in [6.45, 7) is 4.73. The SMILES string of the molecule is CC[C@]1(c2ccccc2)NC(=O)N(NC(=O)CN2CCCc3cc(C)ccc32)C1=O. The number of carbonyl (C=O) groups excluding carboxylic acids is 3. The molecule has 2 aromatic carbocycles. The summed E-state index contributed by atoms with van der Waals surface area (Å²) in [6.07, 6.45) is 2.32. The highest BCUT2D eigenvalue weighted by Gasteiger charge is 2.52. The molecule has 7 nitrogen and oxygen atoms in total. The second-order valence-electron chi connectivity index (χ2n) is 7.89. The highest BCUT2D eigenvalue weighted by Crippen LogP contribution is 2.32. The van der Waals surface area contributed by atoms with E-state index in [0.717, 1.165) is 30.1 Å². The number of anilines is 1. The van der Waals surface area contributed by atoms with Gasteiger partial charge in [-0.15, -0.1) is 0 Å². The molecule has 2 aliphatic heterocycles. The van der Waals surface area contributed by atoms with Gasteiger partial charge in [0, 0.05) is 12.2 Å². The lowest BCUT2D eigenvalue weighted by molar-refractivity contribution is -0.139. The van der Waals surface area contributed by atoms with Gasteiger partial charge in [0.05, 0.1) is 6.54 Å². The maximum atomic E-state index is 13.1. The summed E-state index contributed by atoms with van der Waals surface area (Å²) in [5.74, 6) is -0.865. The number of amides is 4. The molecule has 156 valence electrons. The van der Waals surface area contributed by atoms with E-state index in [9.17, 15) is 14.4 Å². The topological polar surface area (TPSA) is 81.8 Å². The zero-order valence-electron chi connectivity index (χ0n) is 17.3. The maximum Gasteiger partial charge on any atom is 0.344 e. The van der Waals surface area contributed by atoms with Crippen molar-refractivity contribution in [2.45, 2.75) is 38.6 Å². The Kier molecular flexibility index (Phi) is 5.20. The van der Waals surface area contributed by atoms with Crippen molar-refractivity contribution < 1.29 is 14.4 Å². The van der Waals surface area contributed by atoms with E-state index < -0.39 is 23.4 Å². The molecular formula is C23H26N4O3. The average Bonchev–Trinajstić information content (AvgIpc) is 2.99. The summed E-state index contributed by atoms with van der Waals surface area (Å²) in [5.41, 5.74) is 5.49. The highest BCUT2D eigenvalue weighted by atomic mass is 16.2. The Morgan fingerprint density at radius 1 is 1.17 bits per heavy atom. The Bertz CT molecular complexity index is 991. The van der Waals surface area contributed by atoms with Crippen molar-refractivity contribution in [3.63, 3.8) is 0 Å². The Morgan fingerprint density at radius 2 is 1.93 bits per heavy atom. The van der Waals surface area contributed by atoms with Gasteiger partial charge in [-0.05, 0) is 43.4 Å². The van der Waals surface area contributed by atoms with Crippen LogP contribution >= 0.6 is 0 Å². The van der Waals surface area contributed by atoms with Crippen molar-refractivity contribution in [2.24, 2.45) is 0 Å². The molecule has 2 aliphatic rings. The molecule has 0 saturated carbocycles. The predicted molar refractivity (Wildman–Crippen MR) is 114 cm³/mol. The van der Waals surface area contributed by atoms with E-state index in [1.807, 2.05) is 42.2 Å². The largest absolute Gasteiger partial charge is 0.362 e. The Hall–Kier alpha value is -3.35. The van der Waals surface area contributed by atoms with E-state index in [1.54, 1.807) is 12.1 Å². The van der Waals surface area contributed by atoms with Gasteiger partial charge in [-0.2, -0.15) is 5.01 Å². The van der Waals surface area contributed by atoms with Crippen LogP contribution < -0.4 is 15.6 Å². The van der Waals surface area contributed by atoms with Gasteiger partial charge in [0.25, 0.3) is 11.8 Å². The van der Waals surface area contributed by atoms with E-state index in [2.05, 4.69) is 23.7 Å². The van der Waals surface area contributed by atoms with Crippen LogP contribution in [-0.2, 0) is 21.5 Å². The first-order valence-electron chi connectivity index (χ1n) is 10.3. The molecule has 2 N–H and O–H groups in total. The van der Waals surface area contributed by atoms with Crippen molar-refractivity contribution >= 4 is 23.5 Å². The molecule has 1 saturated heterocycles. The van der Waals surface area contributed by atoms with Gasteiger partial charge in [-0.3, -0.25) is 15.0 Å². The second kappa shape index (κ2) is 7.82. The molecule has 0 radical (unpaired) electrons. The number of aryl methyl sites for hydroxylation is 2. The van der Waals surface area contributed by atoms with Crippen molar-refractivity contribution in [1.82, 2.24) is 15.8 Å². The van der Waals surface area contributed by atoms with Crippen molar-refractivity contribution in [2.75, 3.05) is 18.0 Å². The number of benzene rings is 2. The minimum Gasteiger partial charge on any atom is -0.362 e. The summed E-state index contributed by atoms with van der Waals surface area (Å²) < 4.78 is 0. The van der Waals surface area contributed by atoms with Gasteiger partial charge >= 0.3 is 6.03 Å². The minimum atomic E-state index is -1.17. The Morgan fingerprint density at radius 3 is 2.67 bits per heavy atom. The third-order valence-corrected chi connectivity index (χ3v) is 5.91. The number of hydrogen-bond acceptors (Lipinski definition) is 4. The lowest BCUT2D eigenvalue weighted by Gasteiger charge is -2.31. The van der Waals surface area contributed by atoms with E-state index in [1.165, 1.54) is 11.1 Å². The first kappa shape index (κ1) is 19.9. The Labute approximate surface area is 176 Å². The van der Waals surface area contributed by atoms with Crippen LogP contribution in [0.3, 0.4) is 0 Å². The summed E-state index contributed by atoms with van der Waals surface area (Å²) >= 11 is 0. The monoisotopic (exact) mass is 406 g/mol. The third-order valence-electron chi connectivity index (χ3n) is 5.91. The number of rotatable bonds is 5. The van der Waals surface area contributed by atoms with Crippen LogP contribution in [-0.4, -0.2) is 35.9 Å². The van der Waals surface area contributed by atoms with Crippen LogP contribution in [0.2, 0.25) is 0 Å². The van der Waals surface area contributed by atoms with Crippen molar-refractivity contribution in [3.8, 4) is 0 Å². The molecule has 0 spiro atoms. The van der Waals surface area contributed by atoms with E-state index >= 15 is 0 Å². The van der Waals surface area contributed by atoms with Gasteiger partial charge in [0.2, 0.25) is 0 Å². The number of nitrogens with one attached hydrogen (secondary N) is 2. The van der Waals surface area contributed by atoms with E-state index in [0.29, 0.717) is 12.0 Å². The molecule has 4 rings (SSSR count). The molecule has 4 amide bonds. The zero-order valence-corrected chi connectivity index (χ0v) is 17.3. The number of hydrazine groups is 1. The van der Waals surface area contributed by atoms with Gasteiger partial charge < -0.3 is 10.2 Å². The fourth-order valence-corrected chi connectivity index (χ4v) is 4.34. The molecule has 0 aliphatic carbocycles. The fourth-order valence-electron chi connectivity index (χ4n) is 4.34. The second-order valence-corrected chi connectivity index (χ2v) is 7.89. The van der Waals surface area contributed by atoms with Crippen LogP contribution in [0.1, 0.15) is 36.5 Å². The average molecular weight is 406 g/mol. The fraction of sp³-hybridized carbons (Fsp3) is 0.348. The summed E-state index contributed by atoms with van der Waals surface area (Å²) in [7, 11) is 0. The molecular weight excluding hydrogens is 380 g/mol. The van der Waals surface area contributed by atoms with E-state index in [4.69, 9.17) is 0 Å². The number of urea groups is 1. The van der Waals surface area contributed by atoms with Crippen LogP contribution in [0.25, 0.3) is 0 Å². The first-order valence-corrected chi connectivity index (χ1v) is 10.3. The standard InChI is InChI=1S/C23H26N4O3/c1-3-23(18-9-5-4-6-10-18)21(29)27(22(30)24-23)25-20(28)15-26-13-7-8-17-14-16(2)11-12-19(17)26/h4-6,9-12,14H,3,7-8,13,15H2,1-2H3,(H,24,30)(H,25,28)/t23-/m1/s1. The normalized spacial score (nSPS) is 20.7. The van der Waals surface area contributed by atoms with Crippen LogP contribution in [0.4, 0.5) is 10.5 Å². The summed E-state index contributed by atoms with van der Waals surface area (Å²) in [6, 6.07) is 14.7. The highest BCUT2D eigenvalue weighted by molar-refractivity contribution is 6.08. The molecule has 2 aromatic rings. The maximum absolute atomic E-state index is 13.1. The molecule has 0 bridgehead atoms. The smallest absolute Gasteiger partial charge is 0.344 e. The number of imide groups is 1. The third kappa shape index (κ3) is 3.40. The molecule has 0 unspecified atom stereocenters. The summed E-state index contributed by atoms with van der Waals surface area (Å²) in [4.78, 5) is 40.4. The number of carbonyl (C=O) groups is 3. The lowest BCUT2D eigenvalue weighted by atomic mass is 9.87. The number of hydrogen-bond donors (Lipinski definition) is 2. The quantitative estimate of drug-likeness (QED) is 0.748. The number of nitrogens with zero attached hydrogens (tertiary/aromatic N) is 2. The van der Waals surface area contributed by atoms with Crippen LogP contribution in [0, 0.1) is 6.92 Å². The minimum absolute atomic E-state index is 0.0809. The molecule has 7 heteroatoms. The molecule has 2 heterocycles. The first-order chi connectivity index (χ1) is 14.4. The van der Waals surface area contributed by atoms with Gasteiger partial charge in [-0.25, -0.2) is 4.79 Å². The number of fused-ring (bicyclic) bond motifs is 1. The molecule has 0 aromatic heterocycles. The van der Waals surface area contributed by atoms with Gasteiger partial charge in [0.15, 0.2) is 0 Å². The lowest BCUT2D eigenvalue weighted by Crippen LogP contribution is -2.51. The van der Waals surface area contributed by atoms with Gasteiger partial charge in [-0.1, -0.05) is 55.0 Å². The van der Waals surface area contributed by atoms with Gasteiger partial charge in [0.1, 0.15) is 5.54 Å². The Balaban J connectivity index is 1.49. The zero-order chi connectivity index (χ0) is 21.3. The van der Waals surface area contributed by atoms with Crippen molar-refractivity contribution in [1.29, 1.82) is 0 Å². The summed E-state index contributed by atoms with van der Waals surface area (Å²) in [5, 5.41) is 3.59. The predicted octanol–water partition coefficient (Wildman–Crippen LogP) is 2.64. The molecule has 1 atom stereocenters.